The number of alkyl halides is 3. The number of esters is 1. The summed E-state index contributed by atoms with van der Waals surface area (Å²) in [6.07, 6.45) is -4.75. The van der Waals surface area contributed by atoms with Crippen molar-refractivity contribution >= 4 is 11.6 Å². The van der Waals surface area contributed by atoms with Gasteiger partial charge in [0, 0.05) is 0 Å². The molecule has 3 rings (SSSR count). The summed E-state index contributed by atoms with van der Waals surface area (Å²) in [6.45, 7) is 1.36. The number of fused-ring (bicyclic) bond motifs is 1. The molecule has 0 atom stereocenters. The second kappa shape index (κ2) is 5.76. The van der Waals surface area contributed by atoms with E-state index in [1.807, 2.05) is 5.10 Å². The number of hydrogen-bond donors (Lipinski definition) is 1. The van der Waals surface area contributed by atoms with Gasteiger partial charge in [-0.25, -0.2) is 9.78 Å². The van der Waals surface area contributed by atoms with Crippen LogP contribution in [0.3, 0.4) is 0 Å². The zero-order chi connectivity index (χ0) is 18.4. The molecular formula is C16H12F3N3O3. The van der Waals surface area contributed by atoms with Gasteiger partial charge in [-0.2, -0.15) is 17.7 Å². The van der Waals surface area contributed by atoms with Crippen LogP contribution in [-0.2, 0) is 10.9 Å². The number of hydrogen-bond acceptors (Lipinski definition) is 4. The smallest absolute Gasteiger partial charge is 0.433 e. The molecule has 6 nitrogen and oxygen atoms in total. The number of H-pyrrole nitrogens is 1. The fraction of sp³-hybridized carbons (Fsp3) is 0.188. The third-order valence-corrected chi connectivity index (χ3v) is 3.70. The Bertz CT molecular complexity index is 1020. The molecule has 25 heavy (non-hydrogen) atoms. The number of carbonyl (C=O) groups is 1. The standard InChI is InChI=1S/C16H12F3N3O3/c1-8-10(15(24)25-2)14(23)22-13(20-8)11(9-6-4-3-5-7-9)12(21-22)16(17,18)19/h3-7,21H,1-2H3. The number of rotatable bonds is 2. The van der Waals surface area contributed by atoms with Crippen molar-refractivity contribution in [3.63, 3.8) is 0 Å². The number of halogens is 3. The number of ether oxygens (including phenoxy) is 1. The first-order valence-electron chi connectivity index (χ1n) is 7.12. The van der Waals surface area contributed by atoms with Gasteiger partial charge < -0.3 is 4.74 Å². The lowest BCUT2D eigenvalue weighted by atomic mass is 10.1. The number of aryl methyl sites for hydroxylation is 1. The summed E-state index contributed by atoms with van der Waals surface area (Å²) < 4.78 is 45.5. The summed E-state index contributed by atoms with van der Waals surface area (Å²) in [6, 6.07) is 7.77. The number of nitrogens with zero attached hydrogens (tertiary/aromatic N) is 2. The Balaban J connectivity index is 2.46. The van der Waals surface area contributed by atoms with E-state index < -0.39 is 29.0 Å². The lowest BCUT2D eigenvalue weighted by molar-refractivity contribution is -0.140. The van der Waals surface area contributed by atoms with E-state index in [4.69, 9.17) is 0 Å². The Morgan fingerprint density at radius 3 is 2.44 bits per heavy atom. The second-order valence-electron chi connectivity index (χ2n) is 5.25. The molecule has 0 fully saturated rings. The number of carbonyl (C=O) groups excluding carboxylic acids is 1. The van der Waals surface area contributed by atoms with Gasteiger partial charge in [-0.3, -0.25) is 9.89 Å². The molecule has 0 unspecified atom stereocenters. The third-order valence-electron chi connectivity index (χ3n) is 3.70. The van der Waals surface area contributed by atoms with Crippen LogP contribution in [0.5, 0.6) is 0 Å². The minimum absolute atomic E-state index is 0.0123. The number of nitrogens with one attached hydrogen (secondary N) is 1. The molecule has 0 aliphatic rings. The Hall–Kier alpha value is -3.10. The van der Waals surface area contributed by atoms with Crippen molar-refractivity contribution in [3.8, 4) is 11.1 Å². The van der Waals surface area contributed by atoms with Gasteiger partial charge in [-0.05, 0) is 12.5 Å². The first-order valence-corrected chi connectivity index (χ1v) is 7.12. The Kier molecular flexibility index (Phi) is 3.86. The highest BCUT2D eigenvalue weighted by Crippen LogP contribution is 2.38. The van der Waals surface area contributed by atoms with Gasteiger partial charge in [-0.1, -0.05) is 30.3 Å². The molecule has 1 N–H and O–H groups in total. The lowest BCUT2D eigenvalue weighted by Gasteiger charge is -2.07. The van der Waals surface area contributed by atoms with Gasteiger partial charge in [0.15, 0.2) is 5.65 Å². The normalized spacial score (nSPS) is 11.7. The first kappa shape index (κ1) is 16.7. The molecule has 0 spiro atoms. The predicted molar refractivity (Wildman–Crippen MR) is 82.3 cm³/mol. The average molecular weight is 351 g/mol. The summed E-state index contributed by atoms with van der Waals surface area (Å²) in [5.74, 6) is -0.964. The van der Waals surface area contributed by atoms with Gasteiger partial charge in [0.2, 0.25) is 0 Å². The molecular weight excluding hydrogens is 339 g/mol. The van der Waals surface area contributed by atoms with E-state index in [1.165, 1.54) is 19.1 Å². The first-order chi connectivity index (χ1) is 11.8. The molecule has 0 amide bonds. The van der Waals surface area contributed by atoms with Gasteiger partial charge >= 0.3 is 12.1 Å². The Morgan fingerprint density at radius 1 is 1.24 bits per heavy atom. The quantitative estimate of drug-likeness (QED) is 0.721. The van der Waals surface area contributed by atoms with Crippen molar-refractivity contribution < 1.29 is 22.7 Å². The highest BCUT2D eigenvalue weighted by molar-refractivity contribution is 5.91. The molecule has 0 aliphatic heterocycles. The van der Waals surface area contributed by atoms with Crippen LogP contribution >= 0.6 is 0 Å². The monoisotopic (exact) mass is 351 g/mol. The zero-order valence-electron chi connectivity index (χ0n) is 13.1. The predicted octanol–water partition coefficient (Wildman–Crippen LogP) is 2.80. The molecule has 0 aliphatic carbocycles. The van der Waals surface area contributed by atoms with Crippen molar-refractivity contribution in [1.82, 2.24) is 14.6 Å². The summed E-state index contributed by atoms with van der Waals surface area (Å²) >= 11 is 0. The number of aromatic amines is 1. The number of benzene rings is 1. The van der Waals surface area contributed by atoms with Crippen LogP contribution in [-0.4, -0.2) is 27.7 Å². The largest absolute Gasteiger partial charge is 0.465 e. The maximum absolute atomic E-state index is 13.5. The van der Waals surface area contributed by atoms with E-state index in [2.05, 4.69) is 9.72 Å². The van der Waals surface area contributed by atoms with E-state index in [0.29, 0.717) is 4.52 Å². The Labute approximate surface area is 138 Å². The van der Waals surface area contributed by atoms with E-state index in [-0.39, 0.29) is 22.5 Å². The fourth-order valence-electron chi connectivity index (χ4n) is 2.60. The van der Waals surface area contributed by atoms with Crippen LogP contribution in [0, 0.1) is 6.92 Å². The third kappa shape index (κ3) is 2.67. The summed E-state index contributed by atoms with van der Waals surface area (Å²) in [4.78, 5) is 28.3. The van der Waals surface area contributed by atoms with Crippen molar-refractivity contribution in [2.75, 3.05) is 7.11 Å². The summed E-state index contributed by atoms with van der Waals surface area (Å²) in [5.41, 5.74) is -2.74. The SMILES string of the molecule is COC(=O)c1c(C)nc2c(-c3ccccc3)c(C(F)(F)F)[nH]n2c1=O. The van der Waals surface area contributed by atoms with Crippen molar-refractivity contribution in [2.45, 2.75) is 13.1 Å². The van der Waals surface area contributed by atoms with Crippen LogP contribution in [0.15, 0.2) is 35.1 Å². The van der Waals surface area contributed by atoms with Crippen molar-refractivity contribution in [1.29, 1.82) is 0 Å². The van der Waals surface area contributed by atoms with Crippen molar-refractivity contribution in [2.24, 2.45) is 0 Å². The molecule has 0 saturated heterocycles. The van der Waals surface area contributed by atoms with E-state index in [1.54, 1.807) is 18.2 Å². The van der Waals surface area contributed by atoms with Crippen LogP contribution in [0.1, 0.15) is 21.7 Å². The van der Waals surface area contributed by atoms with Crippen LogP contribution in [0.25, 0.3) is 16.8 Å². The lowest BCUT2D eigenvalue weighted by Crippen LogP contribution is -2.26. The molecule has 0 saturated carbocycles. The minimum atomic E-state index is -4.75. The molecule has 9 heteroatoms. The van der Waals surface area contributed by atoms with Crippen molar-refractivity contribution in [3.05, 3.63) is 57.6 Å². The molecule has 2 heterocycles. The zero-order valence-corrected chi connectivity index (χ0v) is 13.1. The summed E-state index contributed by atoms with van der Waals surface area (Å²) in [7, 11) is 1.07. The maximum atomic E-state index is 13.5. The number of aromatic nitrogens is 3. The molecule has 0 bridgehead atoms. The molecule has 130 valence electrons. The topological polar surface area (TPSA) is 76.5 Å². The minimum Gasteiger partial charge on any atom is -0.465 e. The van der Waals surface area contributed by atoms with Crippen LogP contribution < -0.4 is 5.56 Å². The van der Waals surface area contributed by atoms with Crippen LogP contribution in [0.2, 0.25) is 0 Å². The van der Waals surface area contributed by atoms with Crippen LogP contribution in [0.4, 0.5) is 13.2 Å². The fourth-order valence-corrected chi connectivity index (χ4v) is 2.60. The molecule has 3 aromatic rings. The van der Waals surface area contributed by atoms with Gasteiger partial charge in [0.05, 0.1) is 18.4 Å². The summed E-state index contributed by atoms with van der Waals surface area (Å²) in [5, 5.41) is 2.03. The maximum Gasteiger partial charge on any atom is 0.433 e. The number of methoxy groups -OCH3 is 1. The molecule has 2 aromatic heterocycles. The highest BCUT2D eigenvalue weighted by Gasteiger charge is 2.38. The van der Waals surface area contributed by atoms with Gasteiger partial charge in [0.25, 0.3) is 5.56 Å². The molecule has 0 radical (unpaired) electrons. The van der Waals surface area contributed by atoms with E-state index in [9.17, 15) is 22.8 Å². The highest BCUT2D eigenvalue weighted by atomic mass is 19.4. The van der Waals surface area contributed by atoms with E-state index >= 15 is 0 Å². The van der Waals surface area contributed by atoms with Gasteiger partial charge in [0.1, 0.15) is 11.3 Å². The van der Waals surface area contributed by atoms with E-state index in [0.717, 1.165) is 7.11 Å². The second-order valence-corrected chi connectivity index (χ2v) is 5.25. The Morgan fingerprint density at radius 2 is 1.88 bits per heavy atom. The molecule has 1 aromatic carbocycles. The van der Waals surface area contributed by atoms with Gasteiger partial charge in [-0.15, -0.1) is 0 Å². The average Bonchev–Trinajstić information content (AvgIpc) is 2.95.